The van der Waals surface area contributed by atoms with Gasteiger partial charge >= 0.3 is 0 Å². The fourth-order valence-electron chi connectivity index (χ4n) is 2.92. The van der Waals surface area contributed by atoms with Gasteiger partial charge in [-0.3, -0.25) is 0 Å². The summed E-state index contributed by atoms with van der Waals surface area (Å²) in [6, 6.07) is 2.11. The van der Waals surface area contributed by atoms with Crippen LogP contribution < -0.4 is 0 Å². The van der Waals surface area contributed by atoms with E-state index in [-0.39, 0.29) is 0 Å². The minimum atomic E-state index is 0.418. The number of hydrogen-bond acceptors (Lipinski definition) is 2. The first-order valence-corrected chi connectivity index (χ1v) is 7.52. The molecule has 1 aliphatic carbocycles. The molecule has 2 aromatic heterocycles. The Morgan fingerprint density at radius 3 is 2.84 bits per heavy atom. The zero-order valence-corrected chi connectivity index (χ0v) is 12.4. The smallest absolute Gasteiger partial charge is 0.160 e. The van der Waals surface area contributed by atoms with Gasteiger partial charge in [0.1, 0.15) is 11.3 Å². The summed E-state index contributed by atoms with van der Waals surface area (Å²) in [6.45, 7) is 5.44. The van der Waals surface area contributed by atoms with Gasteiger partial charge in [-0.15, -0.1) is 11.6 Å². The number of nitrogens with zero attached hydrogens (tertiary/aromatic N) is 3. The first kappa shape index (κ1) is 12.9. The Bertz CT molecular complexity index is 599. The first-order valence-electron chi connectivity index (χ1n) is 6.99. The van der Waals surface area contributed by atoms with E-state index in [0.29, 0.717) is 11.3 Å². The Labute approximate surface area is 119 Å². The van der Waals surface area contributed by atoms with Crippen molar-refractivity contribution in [2.24, 2.45) is 5.41 Å². The summed E-state index contributed by atoms with van der Waals surface area (Å²) < 4.78 is 2.29. The molecule has 1 aliphatic rings. The highest BCUT2D eigenvalue weighted by atomic mass is 35.5. The van der Waals surface area contributed by atoms with Crippen LogP contribution in [-0.2, 0) is 13.0 Å². The molecule has 0 aromatic carbocycles. The van der Waals surface area contributed by atoms with Crippen molar-refractivity contribution in [3.63, 3.8) is 0 Å². The lowest BCUT2D eigenvalue weighted by Crippen LogP contribution is -2.31. The third-order valence-electron chi connectivity index (χ3n) is 4.22. The number of pyridine rings is 1. The van der Waals surface area contributed by atoms with Crippen LogP contribution in [0.4, 0.5) is 0 Å². The van der Waals surface area contributed by atoms with Crippen molar-refractivity contribution in [2.45, 2.75) is 46.1 Å². The summed E-state index contributed by atoms with van der Waals surface area (Å²) in [5, 5.41) is 0. The molecular formula is C15H20ClN3. The molecule has 1 saturated carbocycles. The lowest BCUT2D eigenvalue weighted by atomic mass is 9.70. The average molecular weight is 278 g/mol. The van der Waals surface area contributed by atoms with Gasteiger partial charge in [0.05, 0.1) is 0 Å². The molecule has 0 spiro atoms. The Hall–Kier alpha value is -1.09. The van der Waals surface area contributed by atoms with Crippen LogP contribution >= 0.6 is 11.6 Å². The van der Waals surface area contributed by atoms with Gasteiger partial charge in [0.2, 0.25) is 0 Å². The van der Waals surface area contributed by atoms with Gasteiger partial charge in [0.25, 0.3) is 0 Å². The van der Waals surface area contributed by atoms with Crippen LogP contribution in [0.5, 0.6) is 0 Å². The number of rotatable bonds is 4. The maximum Gasteiger partial charge on any atom is 0.160 e. The van der Waals surface area contributed by atoms with Gasteiger partial charge in [-0.1, -0.05) is 13.3 Å². The molecule has 0 atom stereocenters. The number of aryl methyl sites for hydroxylation is 2. The van der Waals surface area contributed by atoms with E-state index in [1.54, 1.807) is 0 Å². The lowest BCUT2D eigenvalue weighted by Gasteiger charge is -2.39. The predicted octanol–water partition coefficient (Wildman–Crippen LogP) is 3.71. The Balaban J connectivity index is 2.05. The second kappa shape index (κ2) is 4.78. The zero-order valence-electron chi connectivity index (χ0n) is 11.6. The number of hydrogen-bond donors (Lipinski definition) is 0. The van der Waals surface area contributed by atoms with Crippen molar-refractivity contribution in [3.8, 4) is 0 Å². The molecule has 0 radical (unpaired) electrons. The Kier molecular flexibility index (Phi) is 3.25. The standard InChI is InChI=1S/C15H20ClN3/c1-11-8-12-14(17-9-11)19(13(18-12)4-7-16)10-15(2)5-3-6-15/h8-9H,3-7,10H2,1-2H3. The summed E-state index contributed by atoms with van der Waals surface area (Å²) in [4.78, 5) is 9.31. The van der Waals surface area contributed by atoms with Crippen LogP contribution in [0.1, 0.15) is 37.6 Å². The van der Waals surface area contributed by atoms with Gasteiger partial charge in [-0.05, 0) is 36.8 Å². The summed E-state index contributed by atoms with van der Waals surface area (Å²) in [5.41, 5.74) is 3.59. The maximum absolute atomic E-state index is 5.91. The van der Waals surface area contributed by atoms with E-state index in [0.717, 1.165) is 35.5 Å². The van der Waals surface area contributed by atoms with Crippen LogP contribution in [0, 0.1) is 12.3 Å². The molecule has 1 fully saturated rings. The molecule has 4 heteroatoms. The number of imidazole rings is 1. The summed E-state index contributed by atoms with van der Waals surface area (Å²) in [7, 11) is 0. The molecule has 3 nitrogen and oxygen atoms in total. The molecule has 102 valence electrons. The number of halogens is 1. The SMILES string of the molecule is Cc1cnc2c(c1)nc(CCCl)n2CC1(C)CCC1. The van der Waals surface area contributed by atoms with E-state index in [1.807, 2.05) is 6.20 Å². The van der Waals surface area contributed by atoms with E-state index < -0.39 is 0 Å². The van der Waals surface area contributed by atoms with E-state index in [2.05, 4.69) is 29.5 Å². The quantitative estimate of drug-likeness (QED) is 0.798. The minimum absolute atomic E-state index is 0.418. The van der Waals surface area contributed by atoms with E-state index in [4.69, 9.17) is 16.6 Å². The second-order valence-electron chi connectivity index (χ2n) is 6.07. The molecule has 0 bridgehead atoms. The van der Waals surface area contributed by atoms with Crippen LogP contribution in [0.15, 0.2) is 12.3 Å². The maximum atomic E-state index is 5.91. The highest BCUT2D eigenvalue weighted by Crippen LogP contribution is 2.42. The summed E-state index contributed by atoms with van der Waals surface area (Å²) in [6.07, 6.45) is 6.69. The van der Waals surface area contributed by atoms with E-state index in [1.165, 1.54) is 19.3 Å². The highest BCUT2D eigenvalue weighted by Gasteiger charge is 2.33. The third kappa shape index (κ3) is 2.36. The van der Waals surface area contributed by atoms with Crippen LogP contribution in [0.25, 0.3) is 11.2 Å². The largest absolute Gasteiger partial charge is 0.312 e. The van der Waals surface area contributed by atoms with Crippen molar-refractivity contribution in [3.05, 3.63) is 23.7 Å². The molecule has 3 rings (SSSR count). The van der Waals surface area contributed by atoms with Crippen molar-refractivity contribution in [2.75, 3.05) is 5.88 Å². The van der Waals surface area contributed by atoms with E-state index in [9.17, 15) is 0 Å². The van der Waals surface area contributed by atoms with E-state index >= 15 is 0 Å². The van der Waals surface area contributed by atoms with Gasteiger partial charge in [-0.2, -0.15) is 0 Å². The summed E-state index contributed by atoms with van der Waals surface area (Å²) >= 11 is 5.91. The van der Waals surface area contributed by atoms with Gasteiger partial charge in [0.15, 0.2) is 5.65 Å². The second-order valence-corrected chi connectivity index (χ2v) is 6.45. The Morgan fingerprint density at radius 2 is 2.21 bits per heavy atom. The molecule has 0 aliphatic heterocycles. The number of alkyl halides is 1. The highest BCUT2D eigenvalue weighted by molar-refractivity contribution is 6.17. The molecule has 19 heavy (non-hydrogen) atoms. The van der Waals surface area contributed by atoms with Crippen molar-refractivity contribution in [1.29, 1.82) is 0 Å². The molecule has 0 unspecified atom stereocenters. The topological polar surface area (TPSA) is 30.7 Å². The van der Waals surface area contributed by atoms with Crippen LogP contribution in [-0.4, -0.2) is 20.4 Å². The molecule has 0 saturated heterocycles. The van der Waals surface area contributed by atoms with Crippen LogP contribution in [0.2, 0.25) is 0 Å². The fraction of sp³-hybridized carbons (Fsp3) is 0.600. The first-order chi connectivity index (χ1) is 9.11. The van der Waals surface area contributed by atoms with Gasteiger partial charge in [-0.25, -0.2) is 9.97 Å². The predicted molar refractivity (Wildman–Crippen MR) is 78.6 cm³/mol. The van der Waals surface area contributed by atoms with Gasteiger partial charge in [0, 0.05) is 25.0 Å². The molecule has 2 aromatic rings. The normalized spacial score (nSPS) is 17.6. The van der Waals surface area contributed by atoms with Crippen molar-refractivity contribution < 1.29 is 0 Å². The summed E-state index contributed by atoms with van der Waals surface area (Å²) in [5.74, 6) is 1.69. The zero-order chi connectivity index (χ0) is 13.5. The monoisotopic (exact) mass is 277 g/mol. The fourth-order valence-corrected chi connectivity index (χ4v) is 3.09. The lowest BCUT2D eigenvalue weighted by molar-refractivity contribution is 0.132. The molecule has 0 amide bonds. The molecule has 2 heterocycles. The molecule has 0 N–H and O–H groups in total. The number of aromatic nitrogens is 3. The third-order valence-corrected chi connectivity index (χ3v) is 4.41. The Morgan fingerprint density at radius 1 is 1.42 bits per heavy atom. The van der Waals surface area contributed by atoms with Crippen molar-refractivity contribution in [1.82, 2.24) is 14.5 Å². The van der Waals surface area contributed by atoms with Crippen molar-refractivity contribution >= 4 is 22.8 Å². The average Bonchev–Trinajstić information content (AvgIpc) is 2.65. The van der Waals surface area contributed by atoms with Gasteiger partial charge < -0.3 is 4.57 Å². The minimum Gasteiger partial charge on any atom is -0.312 e. The number of fused-ring (bicyclic) bond motifs is 1. The molecular weight excluding hydrogens is 258 g/mol. The van der Waals surface area contributed by atoms with Crippen LogP contribution in [0.3, 0.4) is 0 Å².